The van der Waals surface area contributed by atoms with Gasteiger partial charge in [0.1, 0.15) is 0 Å². The first-order chi connectivity index (χ1) is 10.4. The highest BCUT2D eigenvalue weighted by molar-refractivity contribution is 7.90. The maximum absolute atomic E-state index is 11.6. The standard InChI is InChI=1S/C18H19NO2S/c1-19-12-17(14-6-4-3-5-7-14)18(13-19)15-8-10-16(11-9-15)22(2,20)21/h3-11H,12-13H2,1-2H3. The van der Waals surface area contributed by atoms with Crippen molar-refractivity contribution in [2.75, 3.05) is 26.4 Å². The van der Waals surface area contributed by atoms with Crippen molar-refractivity contribution >= 4 is 21.0 Å². The molecule has 114 valence electrons. The minimum Gasteiger partial charge on any atom is -0.298 e. The quantitative estimate of drug-likeness (QED) is 0.874. The number of nitrogens with zero attached hydrogens (tertiary/aromatic N) is 1. The zero-order valence-corrected chi connectivity index (χ0v) is 13.6. The van der Waals surface area contributed by atoms with Crippen LogP contribution >= 0.6 is 0 Å². The zero-order chi connectivity index (χ0) is 15.7. The van der Waals surface area contributed by atoms with Gasteiger partial charge in [-0.2, -0.15) is 0 Å². The molecule has 22 heavy (non-hydrogen) atoms. The van der Waals surface area contributed by atoms with E-state index in [1.54, 1.807) is 12.1 Å². The van der Waals surface area contributed by atoms with E-state index >= 15 is 0 Å². The number of rotatable bonds is 3. The van der Waals surface area contributed by atoms with E-state index < -0.39 is 9.84 Å². The average molecular weight is 313 g/mol. The summed E-state index contributed by atoms with van der Waals surface area (Å²) >= 11 is 0. The third-order valence-electron chi connectivity index (χ3n) is 3.97. The maximum Gasteiger partial charge on any atom is 0.175 e. The molecule has 1 aliphatic heterocycles. The molecule has 0 fully saturated rings. The Balaban J connectivity index is 2.04. The molecular formula is C18H19NO2S. The van der Waals surface area contributed by atoms with Crippen molar-refractivity contribution in [3.05, 3.63) is 65.7 Å². The van der Waals surface area contributed by atoms with Crippen LogP contribution in [0.5, 0.6) is 0 Å². The topological polar surface area (TPSA) is 37.4 Å². The van der Waals surface area contributed by atoms with Gasteiger partial charge in [-0.1, -0.05) is 42.5 Å². The number of likely N-dealkylation sites (N-methyl/N-ethyl adjacent to an activating group) is 1. The van der Waals surface area contributed by atoms with Crippen molar-refractivity contribution in [3.63, 3.8) is 0 Å². The molecule has 0 N–H and O–H groups in total. The highest BCUT2D eigenvalue weighted by Gasteiger charge is 2.21. The second-order valence-electron chi connectivity index (χ2n) is 5.79. The van der Waals surface area contributed by atoms with Gasteiger partial charge in [0, 0.05) is 19.3 Å². The van der Waals surface area contributed by atoms with Gasteiger partial charge in [-0.3, -0.25) is 4.90 Å². The van der Waals surface area contributed by atoms with Gasteiger partial charge in [0.15, 0.2) is 9.84 Å². The molecule has 0 bridgehead atoms. The molecule has 0 spiro atoms. The van der Waals surface area contributed by atoms with E-state index in [1.807, 2.05) is 30.3 Å². The molecular weight excluding hydrogens is 294 g/mol. The van der Waals surface area contributed by atoms with E-state index in [0.717, 1.165) is 18.7 Å². The Morgan fingerprint density at radius 2 is 1.32 bits per heavy atom. The average Bonchev–Trinajstić information content (AvgIpc) is 2.89. The predicted octanol–water partition coefficient (Wildman–Crippen LogP) is 2.95. The molecule has 2 aromatic carbocycles. The fourth-order valence-corrected chi connectivity index (χ4v) is 3.49. The monoisotopic (exact) mass is 313 g/mol. The van der Waals surface area contributed by atoms with Crippen molar-refractivity contribution in [1.82, 2.24) is 4.90 Å². The molecule has 0 atom stereocenters. The Morgan fingerprint density at radius 3 is 1.82 bits per heavy atom. The third-order valence-corrected chi connectivity index (χ3v) is 5.10. The van der Waals surface area contributed by atoms with E-state index in [-0.39, 0.29) is 0 Å². The smallest absolute Gasteiger partial charge is 0.175 e. The summed E-state index contributed by atoms with van der Waals surface area (Å²) in [6.07, 6.45) is 1.24. The summed E-state index contributed by atoms with van der Waals surface area (Å²) in [6.45, 7) is 1.79. The lowest BCUT2D eigenvalue weighted by atomic mass is 9.97. The van der Waals surface area contributed by atoms with Crippen LogP contribution in [0.15, 0.2) is 59.5 Å². The van der Waals surface area contributed by atoms with Crippen molar-refractivity contribution < 1.29 is 8.42 Å². The molecule has 0 amide bonds. The van der Waals surface area contributed by atoms with E-state index in [9.17, 15) is 8.42 Å². The second kappa shape index (κ2) is 5.71. The molecule has 0 aliphatic carbocycles. The summed E-state index contributed by atoms with van der Waals surface area (Å²) < 4.78 is 23.2. The highest BCUT2D eigenvalue weighted by Crippen LogP contribution is 2.32. The van der Waals surface area contributed by atoms with E-state index in [0.29, 0.717) is 4.90 Å². The van der Waals surface area contributed by atoms with Crippen molar-refractivity contribution in [2.24, 2.45) is 0 Å². The molecule has 0 aromatic heterocycles. The van der Waals surface area contributed by atoms with Crippen LogP contribution in [0.1, 0.15) is 11.1 Å². The summed E-state index contributed by atoms with van der Waals surface area (Å²) in [7, 11) is -1.05. The maximum atomic E-state index is 11.6. The fourth-order valence-electron chi connectivity index (χ4n) is 2.86. The van der Waals surface area contributed by atoms with Crippen LogP contribution in [0.25, 0.3) is 11.1 Å². The number of sulfone groups is 1. The van der Waals surface area contributed by atoms with Gasteiger partial charge in [-0.25, -0.2) is 8.42 Å². The van der Waals surface area contributed by atoms with Crippen molar-refractivity contribution in [3.8, 4) is 0 Å². The summed E-state index contributed by atoms with van der Waals surface area (Å²) in [5.74, 6) is 0. The number of benzene rings is 2. The summed E-state index contributed by atoms with van der Waals surface area (Å²) in [5.41, 5.74) is 4.91. The normalized spacial score (nSPS) is 16.3. The van der Waals surface area contributed by atoms with Gasteiger partial charge < -0.3 is 0 Å². The molecule has 3 rings (SSSR count). The van der Waals surface area contributed by atoms with Gasteiger partial charge >= 0.3 is 0 Å². The zero-order valence-electron chi connectivity index (χ0n) is 12.8. The molecule has 1 aliphatic rings. The number of hydrogen-bond donors (Lipinski definition) is 0. The van der Waals surface area contributed by atoms with Crippen LogP contribution in [0, 0.1) is 0 Å². The van der Waals surface area contributed by atoms with Gasteiger partial charge in [-0.15, -0.1) is 0 Å². The molecule has 0 saturated heterocycles. The van der Waals surface area contributed by atoms with Crippen LogP contribution in [-0.4, -0.2) is 39.7 Å². The van der Waals surface area contributed by atoms with Crippen molar-refractivity contribution in [2.45, 2.75) is 4.90 Å². The van der Waals surface area contributed by atoms with Crippen LogP contribution < -0.4 is 0 Å². The predicted molar refractivity (Wildman–Crippen MR) is 90.3 cm³/mol. The first kappa shape index (κ1) is 15.0. The van der Waals surface area contributed by atoms with Gasteiger partial charge in [-0.05, 0) is 41.5 Å². The fraction of sp³-hybridized carbons (Fsp3) is 0.222. The lowest BCUT2D eigenvalue weighted by Gasteiger charge is -2.08. The number of hydrogen-bond acceptors (Lipinski definition) is 3. The summed E-state index contributed by atoms with van der Waals surface area (Å²) in [6, 6.07) is 17.6. The molecule has 0 unspecified atom stereocenters. The van der Waals surface area contributed by atoms with Crippen LogP contribution in [-0.2, 0) is 9.84 Å². The Kier molecular flexibility index (Phi) is 3.89. The minimum absolute atomic E-state index is 0.365. The Hall–Kier alpha value is -1.91. The molecule has 2 aromatic rings. The highest BCUT2D eigenvalue weighted by atomic mass is 32.2. The molecule has 0 radical (unpaired) electrons. The Labute approximate surface area is 131 Å². The first-order valence-corrected chi connectivity index (χ1v) is 9.11. The lowest BCUT2D eigenvalue weighted by molar-refractivity contribution is 0.442. The van der Waals surface area contributed by atoms with Crippen LogP contribution in [0.2, 0.25) is 0 Å². The molecule has 3 nitrogen and oxygen atoms in total. The summed E-state index contributed by atoms with van der Waals surface area (Å²) in [4.78, 5) is 2.63. The minimum atomic E-state index is -3.15. The van der Waals surface area contributed by atoms with Gasteiger partial charge in [0.2, 0.25) is 0 Å². The van der Waals surface area contributed by atoms with Crippen LogP contribution in [0.3, 0.4) is 0 Å². The van der Waals surface area contributed by atoms with E-state index in [2.05, 4.69) is 24.1 Å². The van der Waals surface area contributed by atoms with E-state index in [1.165, 1.54) is 23.0 Å². The molecule has 0 saturated carbocycles. The molecule has 1 heterocycles. The van der Waals surface area contributed by atoms with Gasteiger partial charge in [0.25, 0.3) is 0 Å². The third kappa shape index (κ3) is 2.98. The second-order valence-corrected chi connectivity index (χ2v) is 7.81. The Morgan fingerprint density at radius 1 is 0.818 bits per heavy atom. The largest absolute Gasteiger partial charge is 0.298 e. The van der Waals surface area contributed by atoms with Crippen molar-refractivity contribution in [1.29, 1.82) is 0 Å². The van der Waals surface area contributed by atoms with Crippen LogP contribution in [0.4, 0.5) is 0 Å². The van der Waals surface area contributed by atoms with Gasteiger partial charge in [0.05, 0.1) is 4.90 Å². The van der Waals surface area contributed by atoms with E-state index in [4.69, 9.17) is 0 Å². The Bertz CT molecular complexity index is 806. The lowest BCUT2D eigenvalue weighted by Crippen LogP contribution is -2.14. The SMILES string of the molecule is CN1CC(c2ccccc2)=C(c2ccc(S(C)(=O)=O)cc2)C1. The summed E-state index contributed by atoms with van der Waals surface area (Å²) in [5, 5.41) is 0. The molecule has 4 heteroatoms. The first-order valence-electron chi connectivity index (χ1n) is 7.21.